The number of nitrogens with zero attached hydrogens (tertiary/aromatic N) is 2. The zero-order valence-corrected chi connectivity index (χ0v) is 14.1. The molecule has 0 saturated carbocycles. The quantitative estimate of drug-likeness (QED) is 0.775. The fourth-order valence-corrected chi connectivity index (χ4v) is 3.06. The Morgan fingerprint density at radius 1 is 1.12 bits per heavy atom. The first-order valence-corrected chi connectivity index (χ1v) is 8.14. The highest BCUT2D eigenvalue weighted by Crippen LogP contribution is 2.27. The van der Waals surface area contributed by atoms with Gasteiger partial charge in [-0.25, -0.2) is 0 Å². The number of benzene rings is 2. The van der Waals surface area contributed by atoms with Gasteiger partial charge in [-0.1, -0.05) is 42.5 Å². The number of carbonyl (C=O) groups excluding carboxylic acids is 1. The molecular weight excluding hydrogens is 310 g/mol. The number of hydrogen-bond acceptors (Lipinski definition) is 2. The molecule has 3 aromatic rings. The summed E-state index contributed by atoms with van der Waals surface area (Å²) in [5.74, 6) is -0.436. The Kier molecular flexibility index (Phi) is 4.67. The Labute approximate surface area is 147 Å². The fraction of sp³-hybridized carbons (Fsp3) is 0.143. The van der Waals surface area contributed by atoms with E-state index in [9.17, 15) is 4.79 Å². The molecule has 1 heterocycles. The normalized spacial score (nSPS) is 10.4. The van der Waals surface area contributed by atoms with Crippen LogP contribution in [0.2, 0.25) is 0 Å². The largest absolute Gasteiger partial charge is 0.366 e. The summed E-state index contributed by atoms with van der Waals surface area (Å²) in [6.45, 7) is 2.64. The van der Waals surface area contributed by atoms with Crippen LogP contribution in [-0.4, -0.2) is 10.5 Å². The van der Waals surface area contributed by atoms with Crippen molar-refractivity contribution in [2.24, 2.45) is 5.73 Å². The second-order valence-corrected chi connectivity index (χ2v) is 5.97. The number of nitrogens with two attached hydrogens (primary N) is 1. The number of primary amides is 1. The van der Waals surface area contributed by atoms with Crippen molar-refractivity contribution in [3.8, 4) is 17.3 Å². The summed E-state index contributed by atoms with van der Waals surface area (Å²) >= 11 is 0. The summed E-state index contributed by atoms with van der Waals surface area (Å²) in [4.78, 5) is 11.8. The monoisotopic (exact) mass is 329 g/mol. The van der Waals surface area contributed by atoms with Crippen molar-refractivity contribution in [1.82, 2.24) is 4.57 Å². The molecule has 1 aromatic heterocycles. The molecule has 0 radical (unpaired) electrons. The van der Waals surface area contributed by atoms with Crippen LogP contribution in [0.25, 0.3) is 11.3 Å². The molecule has 25 heavy (non-hydrogen) atoms. The third-order valence-electron chi connectivity index (χ3n) is 4.39. The number of carbonyl (C=O) groups is 1. The smallest absolute Gasteiger partial charge is 0.250 e. The van der Waals surface area contributed by atoms with Crippen LogP contribution in [0.3, 0.4) is 0 Å². The van der Waals surface area contributed by atoms with E-state index in [1.807, 2.05) is 49.4 Å². The van der Waals surface area contributed by atoms with Gasteiger partial charge in [0.2, 0.25) is 0 Å². The molecule has 1 amide bonds. The minimum absolute atomic E-state index is 0.436. The summed E-state index contributed by atoms with van der Waals surface area (Å²) in [5.41, 5.74) is 10.5. The first kappa shape index (κ1) is 16.5. The molecule has 0 aliphatic heterocycles. The molecule has 2 aromatic carbocycles. The summed E-state index contributed by atoms with van der Waals surface area (Å²) in [6.07, 6.45) is 0.847. The first-order valence-electron chi connectivity index (χ1n) is 8.14. The number of aromatic nitrogens is 1. The van der Waals surface area contributed by atoms with Gasteiger partial charge in [-0.3, -0.25) is 4.79 Å². The zero-order valence-electron chi connectivity index (χ0n) is 14.1. The fourth-order valence-electron chi connectivity index (χ4n) is 3.06. The van der Waals surface area contributed by atoms with Gasteiger partial charge in [0.05, 0.1) is 17.2 Å². The number of aryl methyl sites for hydroxylation is 1. The maximum absolute atomic E-state index is 11.8. The van der Waals surface area contributed by atoms with Crippen LogP contribution < -0.4 is 5.73 Å². The van der Waals surface area contributed by atoms with Gasteiger partial charge < -0.3 is 10.3 Å². The Morgan fingerprint density at radius 2 is 1.88 bits per heavy atom. The maximum Gasteiger partial charge on any atom is 0.250 e. The third kappa shape index (κ3) is 3.46. The lowest BCUT2D eigenvalue weighted by Crippen LogP contribution is -2.13. The molecule has 2 N–H and O–H groups in total. The van der Waals surface area contributed by atoms with E-state index in [2.05, 4.69) is 22.8 Å². The number of amides is 1. The zero-order chi connectivity index (χ0) is 17.8. The van der Waals surface area contributed by atoms with Gasteiger partial charge in [0, 0.05) is 17.9 Å². The molecule has 0 aliphatic rings. The van der Waals surface area contributed by atoms with Crippen molar-refractivity contribution in [3.63, 3.8) is 0 Å². The molecule has 0 aliphatic carbocycles. The number of rotatable bonds is 5. The minimum Gasteiger partial charge on any atom is -0.366 e. The van der Waals surface area contributed by atoms with Gasteiger partial charge in [-0.05, 0) is 42.7 Å². The molecule has 0 atom stereocenters. The van der Waals surface area contributed by atoms with Crippen LogP contribution in [0.5, 0.6) is 0 Å². The lowest BCUT2D eigenvalue weighted by molar-refractivity contribution is 0.0999. The molecule has 0 fully saturated rings. The number of hydrogen-bond donors (Lipinski definition) is 1. The third-order valence-corrected chi connectivity index (χ3v) is 4.39. The van der Waals surface area contributed by atoms with E-state index >= 15 is 0 Å². The Morgan fingerprint density at radius 3 is 2.56 bits per heavy atom. The van der Waals surface area contributed by atoms with Crippen molar-refractivity contribution in [2.45, 2.75) is 19.9 Å². The van der Waals surface area contributed by atoms with Crippen LogP contribution in [-0.2, 0) is 13.0 Å². The van der Waals surface area contributed by atoms with Crippen molar-refractivity contribution in [3.05, 3.63) is 83.0 Å². The van der Waals surface area contributed by atoms with E-state index < -0.39 is 5.91 Å². The average molecular weight is 329 g/mol. The predicted octanol–water partition coefficient (Wildman–Crippen LogP) is 3.68. The van der Waals surface area contributed by atoms with E-state index in [1.165, 1.54) is 5.56 Å². The summed E-state index contributed by atoms with van der Waals surface area (Å²) < 4.78 is 2.10. The SMILES string of the molecule is Cc1c(C(N)=O)cc(-c2cccc(C#N)c2)n1CCc1ccccc1. The summed E-state index contributed by atoms with van der Waals surface area (Å²) in [7, 11) is 0. The van der Waals surface area contributed by atoms with Crippen molar-refractivity contribution < 1.29 is 4.79 Å². The standard InChI is InChI=1S/C21H19N3O/c1-15-19(21(23)25)13-20(18-9-5-8-17(12-18)14-22)24(15)11-10-16-6-3-2-4-7-16/h2-9,12-13H,10-11H2,1H3,(H2,23,25). The van der Waals surface area contributed by atoms with Crippen LogP contribution >= 0.6 is 0 Å². The van der Waals surface area contributed by atoms with Crippen LogP contribution in [0.4, 0.5) is 0 Å². The highest BCUT2D eigenvalue weighted by molar-refractivity contribution is 5.95. The van der Waals surface area contributed by atoms with Crippen molar-refractivity contribution >= 4 is 5.91 Å². The van der Waals surface area contributed by atoms with E-state index in [0.717, 1.165) is 29.9 Å². The molecule has 0 bridgehead atoms. The second-order valence-electron chi connectivity index (χ2n) is 5.97. The van der Waals surface area contributed by atoms with Crippen LogP contribution in [0.15, 0.2) is 60.7 Å². The van der Waals surface area contributed by atoms with Crippen LogP contribution in [0, 0.1) is 18.3 Å². The van der Waals surface area contributed by atoms with Crippen LogP contribution in [0.1, 0.15) is 27.2 Å². The molecule has 0 unspecified atom stereocenters. The molecule has 4 heteroatoms. The van der Waals surface area contributed by atoms with Gasteiger partial charge in [-0.15, -0.1) is 0 Å². The van der Waals surface area contributed by atoms with Gasteiger partial charge >= 0.3 is 0 Å². The highest BCUT2D eigenvalue weighted by atomic mass is 16.1. The molecule has 0 spiro atoms. The summed E-state index contributed by atoms with van der Waals surface area (Å²) in [6, 6.07) is 21.6. The Hall–Kier alpha value is -3.32. The van der Waals surface area contributed by atoms with Crippen molar-refractivity contribution in [2.75, 3.05) is 0 Å². The molecule has 3 rings (SSSR count). The lowest BCUT2D eigenvalue weighted by Gasteiger charge is -2.12. The van der Waals surface area contributed by atoms with E-state index in [1.54, 1.807) is 6.07 Å². The molecule has 124 valence electrons. The second kappa shape index (κ2) is 7.06. The van der Waals surface area contributed by atoms with Gasteiger partial charge in [0.15, 0.2) is 0 Å². The van der Waals surface area contributed by atoms with E-state index in [4.69, 9.17) is 11.0 Å². The molecular formula is C21H19N3O. The van der Waals surface area contributed by atoms with Gasteiger partial charge in [0.25, 0.3) is 5.91 Å². The number of nitriles is 1. The van der Waals surface area contributed by atoms with Gasteiger partial charge in [0.1, 0.15) is 0 Å². The minimum atomic E-state index is -0.436. The molecule has 0 saturated heterocycles. The summed E-state index contributed by atoms with van der Waals surface area (Å²) in [5, 5.41) is 9.15. The molecule has 4 nitrogen and oxygen atoms in total. The Bertz CT molecular complexity index is 949. The van der Waals surface area contributed by atoms with Gasteiger partial charge in [-0.2, -0.15) is 5.26 Å². The average Bonchev–Trinajstić information content (AvgIpc) is 2.97. The Balaban J connectivity index is 2.03. The topological polar surface area (TPSA) is 71.8 Å². The van der Waals surface area contributed by atoms with E-state index in [0.29, 0.717) is 11.1 Å². The predicted molar refractivity (Wildman–Crippen MR) is 98.0 cm³/mol. The lowest BCUT2D eigenvalue weighted by atomic mass is 10.1. The van der Waals surface area contributed by atoms with E-state index in [-0.39, 0.29) is 0 Å². The first-order chi connectivity index (χ1) is 12.1. The maximum atomic E-state index is 11.8. The highest BCUT2D eigenvalue weighted by Gasteiger charge is 2.17. The van der Waals surface area contributed by atoms with Crippen molar-refractivity contribution in [1.29, 1.82) is 5.26 Å².